The zero-order valence-corrected chi connectivity index (χ0v) is 26.8. The van der Waals surface area contributed by atoms with E-state index in [1.807, 2.05) is 0 Å². The molecular formula is C34H48F6P2. The molecule has 236 valence electrons. The minimum absolute atomic E-state index is 0.943. The van der Waals surface area contributed by atoms with Gasteiger partial charge in [-0.05, 0) is 54.8 Å². The Hall–Kier alpha value is -1.90. The summed E-state index contributed by atoms with van der Waals surface area (Å²) in [5.74, 6) is 0. The fourth-order valence-corrected chi connectivity index (χ4v) is 7.62. The molecule has 8 heteroatoms. The van der Waals surface area contributed by atoms with Crippen LogP contribution >= 0.6 is 15.7 Å². The van der Waals surface area contributed by atoms with Crippen molar-refractivity contribution in [2.75, 3.05) is 0 Å². The topological polar surface area (TPSA) is 0 Å². The Morgan fingerprint density at radius 2 is 0.738 bits per heavy atom. The Bertz CT molecular complexity index is 1050. The predicted molar refractivity (Wildman–Crippen MR) is 174 cm³/mol. The molecule has 3 aromatic rings. The fraction of sp³-hybridized carbons (Fsp3) is 0.471. The van der Waals surface area contributed by atoms with Crippen molar-refractivity contribution in [1.29, 1.82) is 0 Å². The van der Waals surface area contributed by atoms with Gasteiger partial charge in [0.2, 0.25) is 0 Å². The maximum atomic E-state index is 9.87. The van der Waals surface area contributed by atoms with Crippen molar-refractivity contribution in [3.63, 3.8) is 0 Å². The van der Waals surface area contributed by atoms with Gasteiger partial charge in [-0.15, -0.1) is 0 Å². The molecule has 0 saturated heterocycles. The van der Waals surface area contributed by atoms with Gasteiger partial charge in [0, 0.05) is 0 Å². The van der Waals surface area contributed by atoms with Gasteiger partial charge in [0.15, 0.2) is 0 Å². The summed E-state index contributed by atoms with van der Waals surface area (Å²) in [7, 11) is -11.6. The molecule has 3 aromatic carbocycles. The predicted octanol–water partition coefficient (Wildman–Crippen LogP) is 12.6. The first-order valence-electron chi connectivity index (χ1n) is 15.5. The van der Waals surface area contributed by atoms with E-state index in [4.69, 9.17) is 0 Å². The molecule has 0 aliphatic heterocycles. The Morgan fingerprint density at radius 1 is 0.429 bits per heavy atom. The van der Waals surface area contributed by atoms with Crippen LogP contribution < -0.4 is 15.9 Å². The Balaban J connectivity index is 0.000000782. The third-order valence-electron chi connectivity index (χ3n) is 7.19. The van der Waals surface area contributed by atoms with Gasteiger partial charge in [-0.1, -0.05) is 139 Å². The first-order valence-corrected chi connectivity index (χ1v) is 19.0. The van der Waals surface area contributed by atoms with Crippen LogP contribution in [0.5, 0.6) is 0 Å². The molecule has 42 heavy (non-hydrogen) atoms. The molecule has 0 N–H and O–H groups in total. The van der Waals surface area contributed by atoms with Gasteiger partial charge < -0.3 is 0 Å². The van der Waals surface area contributed by atoms with E-state index in [0.29, 0.717) is 0 Å². The number of hydrogen-bond donors (Lipinski definition) is 0. The van der Waals surface area contributed by atoms with Crippen molar-refractivity contribution < 1.29 is 25.2 Å². The van der Waals surface area contributed by atoms with Crippen molar-refractivity contribution in [3.8, 4) is 0 Å². The number of benzene rings is 3. The zero-order valence-electron chi connectivity index (χ0n) is 24.9. The summed E-state index contributed by atoms with van der Waals surface area (Å²) in [4.78, 5) is 0. The summed E-state index contributed by atoms with van der Waals surface area (Å²) < 4.78 is 59.2. The van der Waals surface area contributed by atoms with Gasteiger partial charge in [-0.3, -0.25) is 0 Å². The molecule has 3 rings (SSSR count). The summed E-state index contributed by atoms with van der Waals surface area (Å²) in [5.41, 5.74) is 1.50. The van der Waals surface area contributed by atoms with Gasteiger partial charge in [0.1, 0.15) is 15.9 Å². The molecule has 0 nitrogen and oxygen atoms in total. The van der Waals surface area contributed by atoms with Crippen LogP contribution in [0.15, 0.2) is 84.9 Å². The van der Waals surface area contributed by atoms with E-state index in [1.165, 1.54) is 118 Å². The van der Waals surface area contributed by atoms with Crippen LogP contribution in [0.2, 0.25) is 0 Å². The second kappa shape index (κ2) is 17.4. The summed E-state index contributed by atoms with van der Waals surface area (Å²) in [5, 5.41) is 4.41. The van der Waals surface area contributed by atoms with Crippen LogP contribution in [0.4, 0.5) is 25.2 Å². The number of aryl methyl sites for hydroxylation is 1. The molecule has 0 bridgehead atoms. The average Bonchev–Trinajstić information content (AvgIpc) is 2.94. The second-order valence-corrected chi connectivity index (χ2v) is 15.5. The van der Waals surface area contributed by atoms with Crippen LogP contribution in [0.3, 0.4) is 0 Å². The number of halogens is 6. The van der Waals surface area contributed by atoms with Gasteiger partial charge >= 0.3 is 33.0 Å². The molecule has 0 radical (unpaired) electrons. The van der Waals surface area contributed by atoms with E-state index in [2.05, 4.69) is 91.9 Å². The van der Waals surface area contributed by atoms with E-state index in [1.54, 1.807) is 0 Å². The van der Waals surface area contributed by atoms with Gasteiger partial charge in [-0.2, -0.15) is 0 Å². The van der Waals surface area contributed by atoms with E-state index in [0.717, 1.165) is 0 Å². The molecule has 0 unspecified atom stereocenters. The number of rotatable bonds is 18. The molecule has 0 spiro atoms. The fourth-order valence-electron chi connectivity index (χ4n) is 5.07. The van der Waals surface area contributed by atoms with Crippen LogP contribution in [-0.2, 0) is 6.42 Å². The molecule has 0 aromatic heterocycles. The van der Waals surface area contributed by atoms with Gasteiger partial charge in [-0.25, -0.2) is 0 Å². The third-order valence-corrected chi connectivity index (χ3v) is 9.92. The normalized spacial score (nSPS) is 13.2. The standard InChI is InChI=1S/C34H47P.F6P/c1-2-3-4-5-6-7-8-9-10-11-12-13-14-17-22-31-27-29-34(30-28-31)35(32-23-18-15-19-24-32)33-25-20-16-21-26-33;1-7(2,3,4,5)6/h15-16,18-21,23-30H,2-14,17,22H2,1H3;/q;-1/p+1. The second-order valence-electron chi connectivity index (χ2n) is 11.1. The van der Waals surface area contributed by atoms with E-state index >= 15 is 0 Å². The van der Waals surface area contributed by atoms with Crippen LogP contribution in [0.1, 0.15) is 102 Å². The summed E-state index contributed by atoms with van der Waals surface area (Å²) in [6, 6.07) is 31.7. The third kappa shape index (κ3) is 19.3. The molecule has 0 saturated carbocycles. The Kier molecular flexibility index (Phi) is 15.0. The van der Waals surface area contributed by atoms with E-state index in [9.17, 15) is 25.2 Å². The Morgan fingerprint density at radius 3 is 1.10 bits per heavy atom. The van der Waals surface area contributed by atoms with Crippen molar-refractivity contribution in [2.45, 2.75) is 103 Å². The number of unbranched alkanes of at least 4 members (excludes halogenated alkanes) is 13. The molecular weight excluding hydrogens is 584 g/mol. The van der Waals surface area contributed by atoms with Crippen LogP contribution in [-0.4, -0.2) is 0 Å². The van der Waals surface area contributed by atoms with Gasteiger partial charge in [0.05, 0.1) is 7.92 Å². The quantitative estimate of drug-likeness (QED) is 0.0744. The SMILES string of the molecule is CCCCCCCCCCCCCCCCc1ccc([PH+](c2ccccc2)c2ccccc2)cc1.F[P-](F)(F)(F)(F)F. The molecule has 0 aliphatic rings. The van der Waals surface area contributed by atoms with E-state index < -0.39 is 15.7 Å². The first kappa shape index (κ1) is 36.3. The maximum absolute atomic E-state index is 10.7. The monoisotopic (exact) mass is 632 g/mol. The van der Waals surface area contributed by atoms with Gasteiger partial charge in [0.25, 0.3) is 0 Å². The van der Waals surface area contributed by atoms with Crippen molar-refractivity contribution in [2.24, 2.45) is 0 Å². The van der Waals surface area contributed by atoms with Crippen molar-refractivity contribution in [1.82, 2.24) is 0 Å². The Labute approximate surface area is 250 Å². The van der Waals surface area contributed by atoms with Crippen LogP contribution in [0.25, 0.3) is 0 Å². The average molecular weight is 633 g/mol. The molecule has 0 amide bonds. The zero-order chi connectivity index (χ0) is 30.8. The van der Waals surface area contributed by atoms with Crippen molar-refractivity contribution in [3.05, 3.63) is 90.5 Å². The summed E-state index contributed by atoms with van der Waals surface area (Å²) in [6.07, 6.45) is 21.2. The van der Waals surface area contributed by atoms with Crippen molar-refractivity contribution >= 4 is 31.6 Å². The first-order chi connectivity index (χ1) is 19.8. The molecule has 0 fully saturated rings. The number of hydrogen-bond acceptors (Lipinski definition) is 0. The minimum atomic E-state index is -10.7. The van der Waals surface area contributed by atoms with E-state index in [-0.39, 0.29) is 0 Å². The summed E-state index contributed by atoms with van der Waals surface area (Å²) >= 11 is 0. The summed E-state index contributed by atoms with van der Waals surface area (Å²) in [6.45, 7) is 2.30. The molecule has 0 atom stereocenters. The molecule has 0 aliphatic carbocycles. The van der Waals surface area contributed by atoms with Crippen LogP contribution in [0, 0.1) is 0 Å². The molecule has 0 heterocycles.